The normalized spacial score (nSPS) is 21.9. The maximum absolute atomic E-state index is 14.4. The molecule has 1 fully saturated rings. The van der Waals surface area contributed by atoms with Crippen LogP contribution < -0.4 is 9.64 Å². The number of halogens is 1. The molecule has 2 aliphatic rings. The van der Waals surface area contributed by atoms with Gasteiger partial charge in [0.15, 0.2) is 6.17 Å². The highest BCUT2D eigenvalue weighted by molar-refractivity contribution is 5.68. The van der Waals surface area contributed by atoms with E-state index >= 15 is 0 Å². The lowest BCUT2D eigenvalue weighted by atomic mass is 10.1. The first-order valence-electron chi connectivity index (χ1n) is 8.86. The third-order valence-corrected chi connectivity index (χ3v) is 5.01. The van der Waals surface area contributed by atoms with Crippen molar-refractivity contribution in [1.29, 1.82) is 0 Å². The van der Waals surface area contributed by atoms with Crippen molar-refractivity contribution in [2.24, 2.45) is 0 Å². The number of carbonyl (C=O) groups is 1. The topological polar surface area (TPSA) is 91.7 Å². The molecule has 0 saturated carbocycles. The zero-order valence-electron chi connectivity index (χ0n) is 14.9. The molecule has 0 radical (unpaired) electrons. The van der Waals surface area contributed by atoms with Crippen molar-refractivity contribution in [2.45, 2.75) is 32.0 Å². The van der Waals surface area contributed by atoms with Crippen LogP contribution >= 0.6 is 0 Å². The van der Waals surface area contributed by atoms with Crippen LogP contribution in [-0.2, 0) is 6.42 Å². The molecule has 2 aromatic rings. The number of carboxylic acid groups (broad SMARTS) is 1. The predicted octanol–water partition coefficient (Wildman–Crippen LogP) is 2.34. The number of alkyl halides is 1. The number of rotatable bonds is 3. The van der Waals surface area contributed by atoms with Crippen LogP contribution in [0.3, 0.4) is 0 Å². The molecule has 0 aliphatic carbocycles. The second kappa shape index (κ2) is 6.98. The highest BCUT2D eigenvalue weighted by Gasteiger charge is 2.34. The van der Waals surface area contributed by atoms with Gasteiger partial charge in [-0.3, -0.25) is 4.98 Å². The summed E-state index contributed by atoms with van der Waals surface area (Å²) in [7, 11) is 0. The third kappa shape index (κ3) is 3.24. The zero-order chi connectivity index (χ0) is 19.0. The maximum atomic E-state index is 14.4. The van der Waals surface area contributed by atoms with Crippen LogP contribution in [0, 0.1) is 6.92 Å². The van der Waals surface area contributed by atoms with Gasteiger partial charge in [-0.15, -0.1) is 0 Å². The molecule has 9 heteroatoms. The molecule has 0 bridgehead atoms. The number of nitrogens with zero attached hydrogens (tertiary/aromatic N) is 5. The van der Waals surface area contributed by atoms with Crippen LogP contribution in [0.5, 0.6) is 5.88 Å². The highest BCUT2D eigenvalue weighted by atomic mass is 19.1. The molecular formula is C18H20FN5O3. The minimum Gasteiger partial charge on any atom is -0.471 e. The lowest BCUT2D eigenvalue weighted by Crippen LogP contribution is -2.48. The van der Waals surface area contributed by atoms with Crippen LogP contribution in [0.4, 0.5) is 20.7 Å². The van der Waals surface area contributed by atoms with Crippen molar-refractivity contribution in [3.05, 3.63) is 35.9 Å². The summed E-state index contributed by atoms with van der Waals surface area (Å²) in [5.41, 5.74) is 2.74. The van der Waals surface area contributed by atoms with Crippen LogP contribution in [-0.4, -0.2) is 63.0 Å². The summed E-state index contributed by atoms with van der Waals surface area (Å²) >= 11 is 0. The summed E-state index contributed by atoms with van der Waals surface area (Å²) in [6.45, 7) is 2.65. The van der Waals surface area contributed by atoms with Crippen molar-refractivity contribution in [2.75, 3.05) is 24.5 Å². The fourth-order valence-corrected chi connectivity index (χ4v) is 3.58. The Morgan fingerprint density at radius 2 is 2.19 bits per heavy atom. The minimum absolute atomic E-state index is 0.192. The van der Waals surface area contributed by atoms with Gasteiger partial charge < -0.3 is 19.6 Å². The van der Waals surface area contributed by atoms with E-state index in [1.54, 1.807) is 6.20 Å². The summed E-state index contributed by atoms with van der Waals surface area (Å²) in [6.07, 6.45) is 1.05. The fraction of sp³-hybridized carbons (Fsp3) is 0.444. The van der Waals surface area contributed by atoms with E-state index in [4.69, 9.17) is 9.84 Å². The number of hydrogen-bond acceptors (Lipinski definition) is 6. The van der Waals surface area contributed by atoms with Crippen LogP contribution in [0.15, 0.2) is 24.7 Å². The molecular weight excluding hydrogens is 353 g/mol. The van der Waals surface area contributed by atoms with E-state index in [0.29, 0.717) is 11.7 Å². The van der Waals surface area contributed by atoms with Gasteiger partial charge in [0.2, 0.25) is 5.88 Å². The lowest BCUT2D eigenvalue weighted by molar-refractivity contribution is 0.0222. The molecule has 0 spiro atoms. The van der Waals surface area contributed by atoms with Crippen molar-refractivity contribution in [3.63, 3.8) is 0 Å². The number of pyridine rings is 1. The summed E-state index contributed by atoms with van der Waals surface area (Å²) in [5.74, 6) is 1.04. The number of hydrogen-bond donors (Lipinski definition) is 1. The second-order valence-corrected chi connectivity index (χ2v) is 6.69. The third-order valence-electron chi connectivity index (χ3n) is 5.01. The number of likely N-dealkylation sites (tertiary alicyclic amines) is 1. The van der Waals surface area contributed by atoms with Crippen molar-refractivity contribution >= 4 is 17.6 Å². The van der Waals surface area contributed by atoms with Gasteiger partial charge in [0.1, 0.15) is 18.2 Å². The summed E-state index contributed by atoms with van der Waals surface area (Å²) < 4.78 is 20.2. The lowest BCUT2D eigenvalue weighted by Gasteiger charge is -2.33. The first-order valence-corrected chi connectivity index (χ1v) is 8.86. The number of fused-ring (bicyclic) bond motifs is 1. The standard InChI is InChI=1S/C18H20FN5O3/c1-11-16(24-8-4-13-14(24)3-2-6-20-13)21-10-22-17(11)27-15-5-7-23(18(25)26)9-12(15)19/h2-3,6,10,12,15H,4-5,7-9H2,1H3,(H,25,26)/t12?,15-/m0/s1. The van der Waals surface area contributed by atoms with Crippen molar-refractivity contribution in [3.8, 4) is 5.88 Å². The molecule has 0 aromatic carbocycles. The molecule has 2 atom stereocenters. The van der Waals surface area contributed by atoms with E-state index in [0.717, 1.165) is 34.8 Å². The van der Waals surface area contributed by atoms with Gasteiger partial charge in [-0.05, 0) is 19.1 Å². The molecule has 4 rings (SSSR count). The zero-order valence-corrected chi connectivity index (χ0v) is 14.9. The molecule has 142 valence electrons. The minimum atomic E-state index is -1.40. The monoisotopic (exact) mass is 373 g/mol. The Balaban J connectivity index is 1.54. The molecule has 2 aromatic heterocycles. The van der Waals surface area contributed by atoms with Crippen LogP contribution in [0.1, 0.15) is 17.7 Å². The molecule has 4 heterocycles. The van der Waals surface area contributed by atoms with E-state index in [9.17, 15) is 9.18 Å². The Labute approximate surface area is 155 Å². The first-order chi connectivity index (χ1) is 13.0. The fourth-order valence-electron chi connectivity index (χ4n) is 3.58. The van der Waals surface area contributed by atoms with E-state index in [1.807, 2.05) is 19.1 Å². The van der Waals surface area contributed by atoms with Crippen LogP contribution in [0.25, 0.3) is 0 Å². The molecule has 8 nitrogen and oxygen atoms in total. The second-order valence-electron chi connectivity index (χ2n) is 6.69. The number of piperidine rings is 1. The Morgan fingerprint density at radius 3 is 2.96 bits per heavy atom. The highest BCUT2D eigenvalue weighted by Crippen LogP contribution is 2.36. The number of ether oxygens (including phenoxy) is 1. The number of anilines is 2. The van der Waals surface area contributed by atoms with Crippen molar-refractivity contribution < 1.29 is 19.0 Å². The largest absolute Gasteiger partial charge is 0.471 e. The maximum Gasteiger partial charge on any atom is 0.407 e. The molecule has 1 saturated heterocycles. The van der Waals surface area contributed by atoms with Gasteiger partial charge in [0, 0.05) is 32.1 Å². The quantitative estimate of drug-likeness (QED) is 0.883. The van der Waals surface area contributed by atoms with E-state index in [2.05, 4.69) is 19.9 Å². The Hall–Kier alpha value is -2.97. The number of aromatic nitrogens is 3. The molecule has 2 aliphatic heterocycles. The van der Waals surface area contributed by atoms with E-state index in [1.165, 1.54) is 6.33 Å². The predicted molar refractivity (Wildman–Crippen MR) is 95.2 cm³/mol. The summed E-state index contributed by atoms with van der Waals surface area (Å²) in [4.78, 5) is 27.1. The molecule has 27 heavy (non-hydrogen) atoms. The summed E-state index contributed by atoms with van der Waals surface area (Å²) in [5, 5.41) is 9.00. The van der Waals surface area contributed by atoms with E-state index in [-0.39, 0.29) is 19.5 Å². The van der Waals surface area contributed by atoms with Gasteiger partial charge >= 0.3 is 6.09 Å². The van der Waals surface area contributed by atoms with Gasteiger partial charge in [0.05, 0.1) is 23.5 Å². The van der Waals surface area contributed by atoms with Gasteiger partial charge in [-0.1, -0.05) is 0 Å². The molecule has 1 amide bonds. The van der Waals surface area contributed by atoms with Crippen LogP contribution in [0.2, 0.25) is 0 Å². The smallest absolute Gasteiger partial charge is 0.407 e. The molecule has 1 N–H and O–H groups in total. The SMILES string of the molecule is Cc1c(O[C@H]2CCN(C(=O)O)CC2F)ncnc1N1CCc2ncccc21. The first kappa shape index (κ1) is 17.4. The van der Waals surface area contributed by atoms with E-state index < -0.39 is 18.4 Å². The molecule has 1 unspecified atom stereocenters. The average Bonchev–Trinajstić information content (AvgIpc) is 3.09. The van der Waals surface area contributed by atoms with Gasteiger partial charge in [-0.25, -0.2) is 19.2 Å². The van der Waals surface area contributed by atoms with Crippen molar-refractivity contribution in [1.82, 2.24) is 19.9 Å². The average molecular weight is 373 g/mol. The van der Waals surface area contributed by atoms with Gasteiger partial charge in [0.25, 0.3) is 0 Å². The Kier molecular flexibility index (Phi) is 4.51. The van der Waals surface area contributed by atoms with Gasteiger partial charge in [-0.2, -0.15) is 0 Å². The number of amides is 1. The Morgan fingerprint density at radius 1 is 1.33 bits per heavy atom. The summed E-state index contributed by atoms with van der Waals surface area (Å²) in [6, 6.07) is 3.88. The Bertz CT molecular complexity index is 865.